The van der Waals surface area contributed by atoms with Crippen molar-refractivity contribution in [2.45, 2.75) is 0 Å². The van der Waals surface area contributed by atoms with E-state index >= 15 is 0 Å². The molecule has 0 bridgehead atoms. The molecule has 0 aliphatic rings. The molecule has 0 atom stereocenters. The van der Waals surface area contributed by atoms with Crippen LogP contribution in [-0.2, 0) is 26.4 Å². The van der Waals surface area contributed by atoms with Gasteiger partial charge in [0.2, 0.25) is 0 Å². The first-order chi connectivity index (χ1) is 8.83. The Balaban J connectivity index is -0.000000220. The number of hydrogen-bond acceptors (Lipinski definition) is 2. The second-order valence-electron chi connectivity index (χ2n) is 2.62. The van der Waals surface area contributed by atoms with Crippen LogP contribution in [0.1, 0.15) is 5.56 Å². The standard InChI is InChI=1S/C7H5NO.C5H5.2CO.Fe/c8-5-6-2-1-3-7(9)4-6;1-2-4-5-3-1;2*1-2;/h1-4,9H;1-5H;;;/q;-1;;;. The zero-order valence-electron chi connectivity index (χ0n) is 9.76. The molecule has 0 unspecified atom stereocenters. The van der Waals surface area contributed by atoms with Crippen molar-refractivity contribution < 1.29 is 31.5 Å². The number of aromatic hydroxyl groups is 1. The van der Waals surface area contributed by atoms with Crippen molar-refractivity contribution in [1.29, 1.82) is 5.26 Å². The molecule has 0 amide bonds. The van der Waals surface area contributed by atoms with Crippen molar-refractivity contribution >= 4 is 0 Å². The summed E-state index contributed by atoms with van der Waals surface area (Å²) in [5, 5.41) is 17.1. The Hall–Kier alpha value is -2.14. The Labute approximate surface area is 122 Å². The van der Waals surface area contributed by atoms with Gasteiger partial charge in [0, 0.05) is 17.1 Å². The summed E-state index contributed by atoms with van der Waals surface area (Å²) >= 11 is 0. The van der Waals surface area contributed by atoms with E-state index in [2.05, 4.69) is 13.3 Å². The van der Waals surface area contributed by atoms with Crippen LogP contribution >= 0.6 is 0 Å². The predicted octanol–water partition coefficient (Wildman–Crippen LogP) is 2.59. The Kier molecular flexibility index (Phi) is 21.2. The van der Waals surface area contributed by atoms with E-state index in [9.17, 15) is 0 Å². The molecule has 0 saturated heterocycles. The smallest absolute Gasteiger partial charge is 0 e. The molecule has 5 heteroatoms. The van der Waals surface area contributed by atoms with E-state index in [1.807, 2.05) is 36.4 Å². The molecule has 0 fully saturated rings. The molecular formula is C14H10FeNO3-. The molecule has 0 saturated carbocycles. The van der Waals surface area contributed by atoms with Gasteiger partial charge in [-0.25, -0.2) is 12.1 Å². The van der Waals surface area contributed by atoms with Gasteiger partial charge < -0.3 is 5.11 Å². The minimum atomic E-state index is 0. The van der Waals surface area contributed by atoms with E-state index in [1.165, 1.54) is 12.1 Å². The van der Waals surface area contributed by atoms with Crippen LogP contribution in [0.4, 0.5) is 0 Å². The zero-order valence-corrected chi connectivity index (χ0v) is 10.9. The summed E-state index contributed by atoms with van der Waals surface area (Å²) in [6.07, 6.45) is 0. The summed E-state index contributed by atoms with van der Waals surface area (Å²) in [6.45, 7) is 9.00. The first-order valence-electron chi connectivity index (χ1n) is 4.59. The number of hydrogen-bond donors (Lipinski definition) is 1. The second kappa shape index (κ2) is 18.2. The van der Waals surface area contributed by atoms with E-state index in [0.717, 1.165) is 0 Å². The van der Waals surface area contributed by atoms with Gasteiger partial charge >= 0.3 is 22.6 Å². The molecule has 19 heavy (non-hydrogen) atoms. The third kappa shape index (κ3) is 13.8. The van der Waals surface area contributed by atoms with Crippen LogP contribution in [0.5, 0.6) is 5.75 Å². The van der Waals surface area contributed by atoms with Crippen LogP contribution < -0.4 is 0 Å². The Morgan fingerprint density at radius 3 is 1.84 bits per heavy atom. The summed E-state index contributed by atoms with van der Waals surface area (Å²) in [5.41, 5.74) is 0.481. The van der Waals surface area contributed by atoms with Crippen LogP contribution in [0.25, 0.3) is 0 Å². The Morgan fingerprint density at radius 1 is 1.05 bits per heavy atom. The molecule has 0 aliphatic carbocycles. The van der Waals surface area contributed by atoms with Crippen molar-refractivity contribution in [1.82, 2.24) is 0 Å². The minimum Gasteiger partial charge on any atom is -0.214 e. The average Bonchev–Trinajstić information content (AvgIpc) is 3.02. The number of phenolic OH excluding ortho intramolecular Hbond substituents is 1. The number of phenols is 1. The second-order valence-corrected chi connectivity index (χ2v) is 2.62. The molecule has 0 heterocycles. The fourth-order valence-corrected chi connectivity index (χ4v) is 0.896. The molecule has 0 spiro atoms. The molecule has 2 aromatic carbocycles. The number of nitrogens with zero attached hydrogens (tertiary/aromatic N) is 1. The van der Waals surface area contributed by atoms with Crippen molar-refractivity contribution in [3.63, 3.8) is 0 Å². The van der Waals surface area contributed by atoms with Crippen molar-refractivity contribution in [3.8, 4) is 11.8 Å². The molecule has 2 rings (SSSR count). The maximum atomic E-state index is 8.79. The third-order valence-corrected chi connectivity index (χ3v) is 1.53. The first-order valence-corrected chi connectivity index (χ1v) is 4.59. The third-order valence-electron chi connectivity index (χ3n) is 1.53. The summed E-state index contributed by atoms with van der Waals surface area (Å²) in [6, 6.07) is 18.1. The van der Waals surface area contributed by atoms with Crippen LogP contribution in [-0.4, -0.2) is 5.11 Å². The molecule has 0 aliphatic heterocycles. The largest absolute Gasteiger partial charge is 0.214 e. The van der Waals surface area contributed by atoms with E-state index in [1.54, 1.807) is 12.1 Å². The monoisotopic (exact) mass is 296 g/mol. The summed E-state index contributed by atoms with van der Waals surface area (Å²) < 4.78 is 15.0. The van der Waals surface area contributed by atoms with Gasteiger partial charge in [0.05, 0.1) is 11.6 Å². The van der Waals surface area contributed by atoms with Gasteiger partial charge in [-0.05, 0) is 18.2 Å². The predicted molar refractivity (Wildman–Crippen MR) is 62.7 cm³/mol. The first kappa shape index (κ1) is 22.1. The summed E-state index contributed by atoms with van der Waals surface area (Å²) in [7, 11) is 0. The molecule has 0 radical (unpaired) electrons. The van der Waals surface area contributed by atoms with E-state index in [-0.39, 0.29) is 22.8 Å². The van der Waals surface area contributed by atoms with Gasteiger partial charge in [0.25, 0.3) is 0 Å². The Bertz CT molecular complexity index is 461. The van der Waals surface area contributed by atoms with Gasteiger partial charge in [0.1, 0.15) is 5.75 Å². The van der Waals surface area contributed by atoms with E-state index < -0.39 is 0 Å². The molecule has 98 valence electrons. The van der Waals surface area contributed by atoms with Gasteiger partial charge in [-0.3, -0.25) is 0 Å². The quantitative estimate of drug-likeness (QED) is 0.460. The average molecular weight is 296 g/mol. The topological polar surface area (TPSA) is 83.8 Å². The normalized spacial score (nSPS) is 6.26. The molecule has 4 nitrogen and oxygen atoms in total. The number of nitriles is 1. The molecule has 0 aromatic heterocycles. The Morgan fingerprint density at radius 2 is 1.58 bits per heavy atom. The number of rotatable bonds is 0. The minimum absolute atomic E-state index is 0. The van der Waals surface area contributed by atoms with Crippen molar-refractivity contribution in [2.75, 3.05) is 0 Å². The van der Waals surface area contributed by atoms with Crippen LogP contribution in [0.15, 0.2) is 54.6 Å². The fourth-order valence-electron chi connectivity index (χ4n) is 0.896. The van der Waals surface area contributed by atoms with Gasteiger partial charge in [-0.2, -0.15) is 23.5 Å². The van der Waals surface area contributed by atoms with Gasteiger partial charge in [0.15, 0.2) is 0 Å². The van der Waals surface area contributed by atoms with Crippen LogP contribution in [0.2, 0.25) is 0 Å². The van der Waals surface area contributed by atoms with Crippen molar-refractivity contribution in [3.05, 3.63) is 73.5 Å². The number of benzene rings is 1. The fraction of sp³-hybridized carbons (Fsp3) is 0. The zero-order chi connectivity index (χ0) is 14.2. The maximum Gasteiger partial charge on any atom is 0 e. The molecule has 2 aromatic rings. The maximum absolute atomic E-state index is 8.79. The summed E-state index contributed by atoms with van der Waals surface area (Å²) in [5.74, 6) is 0.133. The summed E-state index contributed by atoms with van der Waals surface area (Å²) in [4.78, 5) is 0. The van der Waals surface area contributed by atoms with E-state index in [4.69, 9.17) is 19.7 Å². The van der Waals surface area contributed by atoms with Crippen LogP contribution in [0, 0.1) is 24.6 Å². The molecule has 1 N–H and O–H groups in total. The van der Waals surface area contributed by atoms with Gasteiger partial charge in [-0.1, -0.05) is 6.07 Å². The van der Waals surface area contributed by atoms with Gasteiger partial charge in [-0.15, -0.1) is 0 Å². The SMILES string of the molecule is N#Cc1cccc(O)c1.[C-]#[O+].[C-]#[O+].[Fe].c1cc[cH-]c1. The van der Waals surface area contributed by atoms with Crippen LogP contribution in [0.3, 0.4) is 0 Å². The van der Waals surface area contributed by atoms with E-state index in [0.29, 0.717) is 5.56 Å². The van der Waals surface area contributed by atoms with Crippen molar-refractivity contribution in [2.24, 2.45) is 0 Å². The molecular weight excluding hydrogens is 286 g/mol.